The summed E-state index contributed by atoms with van der Waals surface area (Å²) in [6.07, 6.45) is 0. The molecular formula is C30H20BNO3S. The molecule has 0 fully saturated rings. The minimum atomic E-state index is -1.50. The van der Waals surface area contributed by atoms with E-state index in [4.69, 9.17) is 4.42 Å². The van der Waals surface area contributed by atoms with Gasteiger partial charge in [-0.15, -0.1) is 11.3 Å². The fourth-order valence-corrected chi connectivity index (χ4v) is 6.09. The molecule has 6 heteroatoms. The van der Waals surface area contributed by atoms with Crippen LogP contribution in [0.1, 0.15) is 0 Å². The maximum Gasteiger partial charge on any atom is 0.488 e. The summed E-state index contributed by atoms with van der Waals surface area (Å²) in [7, 11) is -1.50. The standard InChI is InChI=1S/C30H20BNO3S/c33-31(34)19-9-11-20(12-10-19)32(21-14-16-28-26(17-21)23-5-1-3-7-27(23)35-28)22-13-15-25-24-6-2-4-8-29(24)36-30(25)18-22/h1-18,33-34H. The van der Waals surface area contributed by atoms with Crippen LogP contribution in [0.2, 0.25) is 0 Å². The molecule has 4 nitrogen and oxygen atoms in total. The Hall–Kier alpha value is -4.10. The van der Waals surface area contributed by atoms with Crippen molar-refractivity contribution in [3.63, 3.8) is 0 Å². The molecule has 0 spiro atoms. The van der Waals surface area contributed by atoms with Gasteiger partial charge in [0.1, 0.15) is 11.2 Å². The van der Waals surface area contributed by atoms with Crippen molar-refractivity contribution in [2.24, 2.45) is 0 Å². The highest BCUT2D eigenvalue weighted by Crippen LogP contribution is 2.41. The molecule has 0 unspecified atom stereocenters. The summed E-state index contributed by atoms with van der Waals surface area (Å²) in [6, 6.07) is 36.7. The monoisotopic (exact) mass is 485 g/mol. The Morgan fingerprint density at radius 1 is 0.556 bits per heavy atom. The van der Waals surface area contributed by atoms with Crippen molar-refractivity contribution in [3.8, 4) is 0 Å². The molecule has 2 heterocycles. The van der Waals surface area contributed by atoms with Gasteiger partial charge in [-0.05, 0) is 60.1 Å². The number of thiophene rings is 1. The molecule has 2 aromatic heterocycles. The van der Waals surface area contributed by atoms with Crippen molar-refractivity contribution in [1.29, 1.82) is 0 Å². The van der Waals surface area contributed by atoms with E-state index in [-0.39, 0.29) is 0 Å². The van der Waals surface area contributed by atoms with E-state index in [1.54, 1.807) is 23.5 Å². The van der Waals surface area contributed by atoms with Gasteiger partial charge in [-0.2, -0.15) is 0 Å². The predicted molar refractivity (Wildman–Crippen MR) is 151 cm³/mol. The molecular weight excluding hydrogens is 465 g/mol. The van der Waals surface area contributed by atoms with E-state index in [2.05, 4.69) is 65.6 Å². The molecule has 5 aromatic carbocycles. The highest BCUT2D eigenvalue weighted by atomic mass is 32.1. The maximum absolute atomic E-state index is 9.60. The van der Waals surface area contributed by atoms with Crippen LogP contribution < -0.4 is 10.4 Å². The van der Waals surface area contributed by atoms with Crippen molar-refractivity contribution in [2.75, 3.05) is 4.90 Å². The van der Waals surface area contributed by atoms with Gasteiger partial charge in [0.25, 0.3) is 0 Å². The number of hydrogen-bond acceptors (Lipinski definition) is 5. The second kappa shape index (κ2) is 8.24. The molecule has 0 aliphatic rings. The first-order valence-electron chi connectivity index (χ1n) is 11.7. The lowest BCUT2D eigenvalue weighted by molar-refractivity contribution is 0.426. The van der Waals surface area contributed by atoms with Crippen LogP contribution in [0.4, 0.5) is 17.1 Å². The molecule has 0 bridgehead atoms. The second-order valence-electron chi connectivity index (χ2n) is 8.86. The Kier molecular flexibility index (Phi) is 4.86. The molecule has 7 aromatic rings. The van der Waals surface area contributed by atoms with E-state index in [9.17, 15) is 10.0 Å². The van der Waals surface area contributed by atoms with Gasteiger partial charge in [-0.3, -0.25) is 0 Å². The van der Waals surface area contributed by atoms with Gasteiger partial charge in [0.05, 0.1) is 0 Å². The third-order valence-corrected chi connectivity index (χ3v) is 7.82. The third-order valence-electron chi connectivity index (χ3n) is 6.69. The highest BCUT2D eigenvalue weighted by molar-refractivity contribution is 7.25. The Labute approximate surface area is 211 Å². The minimum Gasteiger partial charge on any atom is -0.456 e. The topological polar surface area (TPSA) is 56.8 Å². The number of fused-ring (bicyclic) bond motifs is 6. The summed E-state index contributed by atoms with van der Waals surface area (Å²) in [5, 5.41) is 23.8. The first-order valence-corrected chi connectivity index (χ1v) is 12.6. The number of furan rings is 1. The summed E-state index contributed by atoms with van der Waals surface area (Å²) in [5.74, 6) is 0. The van der Waals surface area contributed by atoms with E-state index >= 15 is 0 Å². The lowest BCUT2D eigenvalue weighted by Crippen LogP contribution is -2.29. The molecule has 36 heavy (non-hydrogen) atoms. The fraction of sp³-hybridized carbons (Fsp3) is 0. The molecule has 0 radical (unpaired) electrons. The molecule has 0 saturated carbocycles. The quantitative estimate of drug-likeness (QED) is 0.261. The van der Waals surface area contributed by atoms with E-state index in [1.165, 1.54) is 20.2 Å². The van der Waals surface area contributed by atoms with Gasteiger partial charge in [0, 0.05) is 48.0 Å². The van der Waals surface area contributed by atoms with Crippen molar-refractivity contribution in [3.05, 3.63) is 109 Å². The number of benzene rings is 5. The Morgan fingerprint density at radius 2 is 1.19 bits per heavy atom. The van der Waals surface area contributed by atoms with Gasteiger partial charge >= 0.3 is 7.12 Å². The first kappa shape index (κ1) is 21.2. The fourth-order valence-electron chi connectivity index (χ4n) is 4.95. The smallest absolute Gasteiger partial charge is 0.456 e. The van der Waals surface area contributed by atoms with E-state index in [1.807, 2.05) is 36.4 Å². The average Bonchev–Trinajstić information content (AvgIpc) is 3.47. The largest absolute Gasteiger partial charge is 0.488 e. The Balaban J connectivity index is 1.44. The van der Waals surface area contributed by atoms with Crippen molar-refractivity contribution < 1.29 is 14.5 Å². The summed E-state index contributed by atoms with van der Waals surface area (Å²) >= 11 is 1.79. The van der Waals surface area contributed by atoms with Crippen LogP contribution >= 0.6 is 11.3 Å². The maximum atomic E-state index is 9.60. The van der Waals surface area contributed by atoms with Crippen molar-refractivity contribution in [2.45, 2.75) is 0 Å². The molecule has 0 amide bonds. The lowest BCUT2D eigenvalue weighted by Gasteiger charge is -2.26. The Morgan fingerprint density at radius 3 is 2.03 bits per heavy atom. The van der Waals surface area contributed by atoms with Crippen LogP contribution in [0.15, 0.2) is 114 Å². The number of hydrogen-bond donors (Lipinski definition) is 2. The highest BCUT2D eigenvalue weighted by Gasteiger charge is 2.18. The lowest BCUT2D eigenvalue weighted by atomic mass is 9.80. The van der Waals surface area contributed by atoms with Gasteiger partial charge in [-0.1, -0.05) is 54.6 Å². The zero-order chi connectivity index (χ0) is 24.2. The van der Waals surface area contributed by atoms with Gasteiger partial charge in [0.15, 0.2) is 0 Å². The number of anilines is 3. The summed E-state index contributed by atoms with van der Waals surface area (Å²) in [5.41, 5.74) is 5.11. The molecule has 172 valence electrons. The Bertz CT molecular complexity index is 1890. The van der Waals surface area contributed by atoms with Gasteiger partial charge < -0.3 is 19.4 Å². The van der Waals surface area contributed by atoms with E-state index in [0.717, 1.165) is 39.0 Å². The van der Waals surface area contributed by atoms with Crippen molar-refractivity contribution >= 4 is 83.1 Å². The number of para-hydroxylation sites is 1. The SMILES string of the molecule is OB(O)c1ccc(N(c2ccc3c(c2)sc2ccccc23)c2ccc3oc4ccccc4c3c2)cc1. The summed E-state index contributed by atoms with van der Waals surface area (Å²) < 4.78 is 8.55. The number of rotatable bonds is 4. The predicted octanol–water partition coefficient (Wildman–Crippen LogP) is 7.10. The normalized spacial score (nSPS) is 11.6. The molecule has 7 rings (SSSR count). The number of nitrogens with zero attached hydrogens (tertiary/aromatic N) is 1. The summed E-state index contributed by atoms with van der Waals surface area (Å²) in [6.45, 7) is 0. The zero-order valence-electron chi connectivity index (χ0n) is 19.1. The minimum absolute atomic E-state index is 0.454. The van der Waals surface area contributed by atoms with Gasteiger partial charge in [0.2, 0.25) is 0 Å². The van der Waals surface area contributed by atoms with E-state index in [0.29, 0.717) is 5.46 Å². The molecule has 0 atom stereocenters. The van der Waals surface area contributed by atoms with Crippen LogP contribution in [0.3, 0.4) is 0 Å². The second-order valence-corrected chi connectivity index (χ2v) is 9.94. The molecule has 2 N–H and O–H groups in total. The van der Waals surface area contributed by atoms with Gasteiger partial charge in [-0.25, -0.2) is 0 Å². The molecule has 0 aliphatic heterocycles. The van der Waals surface area contributed by atoms with Crippen LogP contribution in [0, 0.1) is 0 Å². The molecule has 0 aliphatic carbocycles. The van der Waals surface area contributed by atoms with Crippen LogP contribution in [0.25, 0.3) is 42.1 Å². The van der Waals surface area contributed by atoms with E-state index < -0.39 is 7.12 Å². The average molecular weight is 485 g/mol. The first-order chi connectivity index (χ1) is 17.7. The summed E-state index contributed by atoms with van der Waals surface area (Å²) in [4.78, 5) is 2.19. The van der Waals surface area contributed by atoms with Crippen LogP contribution in [-0.4, -0.2) is 17.2 Å². The van der Waals surface area contributed by atoms with Crippen LogP contribution in [0.5, 0.6) is 0 Å². The molecule has 0 saturated heterocycles. The van der Waals surface area contributed by atoms with Crippen molar-refractivity contribution in [1.82, 2.24) is 0 Å². The zero-order valence-corrected chi connectivity index (χ0v) is 19.9. The van der Waals surface area contributed by atoms with Crippen LogP contribution in [-0.2, 0) is 0 Å². The third kappa shape index (κ3) is 3.39.